The van der Waals surface area contributed by atoms with Crippen molar-refractivity contribution in [1.82, 2.24) is 9.97 Å². The smallest absolute Gasteiger partial charge is 0.227 e. The molecule has 2 rings (SSSR count). The Morgan fingerprint density at radius 2 is 1.95 bits per heavy atom. The average molecular weight is 254 g/mol. The minimum absolute atomic E-state index is 0.458. The van der Waals surface area contributed by atoms with E-state index in [-0.39, 0.29) is 0 Å². The van der Waals surface area contributed by atoms with E-state index in [0.29, 0.717) is 23.0 Å². The fraction of sp³-hybridized carbons (Fsp3) is 0.214. The van der Waals surface area contributed by atoms with Gasteiger partial charge in [0.2, 0.25) is 5.88 Å². The number of rotatable bonds is 3. The Labute approximate surface area is 111 Å². The first-order valence-corrected chi connectivity index (χ1v) is 5.85. The molecule has 0 saturated carbocycles. The fourth-order valence-electron chi connectivity index (χ4n) is 1.70. The summed E-state index contributed by atoms with van der Waals surface area (Å²) in [5, 5.41) is 12.0. The van der Waals surface area contributed by atoms with Crippen LogP contribution in [0.2, 0.25) is 0 Å². The first-order valence-electron chi connectivity index (χ1n) is 5.85. The van der Waals surface area contributed by atoms with Crippen molar-refractivity contribution in [3.8, 4) is 17.7 Å². The highest BCUT2D eigenvalue weighted by molar-refractivity contribution is 5.51. The summed E-state index contributed by atoms with van der Waals surface area (Å²) in [5.41, 5.74) is 1.28. The van der Waals surface area contributed by atoms with Gasteiger partial charge >= 0.3 is 0 Å². The lowest BCUT2D eigenvalue weighted by Gasteiger charge is -2.12. The number of nitriles is 1. The number of aryl methyl sites for hydroxylation is 1. The van der Waals surface area contributed by atoms with Crippen molar-refractivity contribution < 1.29 is 4.74 Å². The van der Waals surface area contributed by atoms with E-state index in [0.717, 1.165) is 11.4 Å². The molecule has 5 nitrogen and oxygen atoms in total. The van der Waals surface area contributed by atoms with E-state index >= 15 is 0 Å². The third-order valence-corrected chi connectivity index (χ3v) is 2.66. The van der Waals surface area contributed by atoms with Gasteiger partial charge < -0.3 is 10.1 Å². The second-order valence-corrected chi connectivity index (χ2v) is 4.01. The van der Waals surface area contributed by atoms with Gasteiger partial charge in [-0.2, -0.15) is 10.2 Å². The average Bonchev–Trinajstić information content (AvgIpc) is 2.43. The van der Waals surface area contributed by atoms with E-state index in [1.54, 1.807) is 32.2 Å². The molecule has 96 valence electrons. The third kappa shape index (κ3) is 2.63. The van der Waals surface area contributed by atoms with Gasteiger partial charge in [-0.15, -0.1) is 0 Å². The van der Waals surface area contributed by atoms with Crippen molar-refractivity contribution in [3.63, 3.8) is 0 Å². The van der Waals surface area contributed by atoms with E-state index in [2.05, 4.69) is 21.4 Å². The Balaban J connectivity index is 2.44. The molecule has 0 aliphatic rings. The predicted octanol–water partition coefficient (Wildman–Crippen LogP) is 2.80. The van der Waals surface area contributed by atoms with Gasteiger partial charge in [0.25, 0.3) is 0 Å². The molecule has 0 aliphatic carbocycles. The Hall–Kier alpha value is -2.61. The molecule has 0 saturated heterocycles. The number of hydrogen-bond acceptors (Lipinski definition) is 5. The summed E-state index contributed by atoms with van der Waals surface area (Å²) in [5.74, 6) is 2.28. The van der Waals surface area contributed by atoms with Crippen molar-refractivity contribution in [3.05, 3.63) is 41.2 Å². The van der Waals surface area contributed by atoms with Gasteiger partial charge in [0, 0.05) is 7.05 Å². The number of para-hydroxylation sites is 1. The van der Waals surface area contributed by atoms with Crippen LogP contribution >= 0.6 is 0 Å². The maximum atomic E-state index is 9.05. The van der Waals surface area contributed by atoms with Crippen molar-refractivity contribution in [2.45, 2.75) is 13.8 Å². The molecule has 0 spiro atoms. The van der Waals surface area contributed by atoms with Crippen LogP contribution in [0, 0.1) is 25.2 Å². The highest BCUT2D eigenvalue weighted by Crippen LogP contribution is 2.28. The van der Waals surface area contributed by atoms with Crippen LogP contribution in [0.1, 0.15) is 17.0 Å². The zero-order valence-electron chi connectivity index (χ0n) is 11.1. The molecule has 0 aliphatic heterocycles. The summed E-state index contributed by atoms with van der Waals surface area (Å²) in [4.78, 5) is 8.54. The number of anilines is 1. The number of aromatic nitrogens is 2. The van der Waals surface area contributed by atoms with Crippen molar-refractivity contribution in [2.24, 2.45) is 0 Å². The summed E-state index contributed by atoms with van der Waals surface area (Å²) >= 11 is 0. The Morgan fingerprint density at radius 1 is 1.21 bits per heavy atom. The molecule has 19 heavy (non-hydrogen) atoms. The van der Waals surface area contributed by atoms with Gasteiger partial charge in [0.15, 0.2) is 0 Å². The summed E-state index contributed by atoms with van der Waals surface area (Å²) in [6.07, 6.45) is 0. The predicted molar refractivity (Wildman–Crippen MR) is 72.3 cm³/mol. The third-order valence-electron chi connectivity index (χ3n) is 2.66. The molecule has 0 unspecified atom stereocenters. The SMILES string of the molecule is CNc1nc(C)nc(Oc2ccccc2C#N)c1C. The molecular weight excluding hydrogens is 240 g/mol. The number of nitrogens with zero attached hydrogens (tertiary/aromatic N) is 3. The van der Waals surface area contributed by atoms with E-state index < -0.39 is 0 Å². The fourth-order valence-corrected chi connectivity index (χ4v) is 1.70. The van der Waals surface area contributed by atoms with Crippen LogP contribution in [-0.2, 0) is 0 Å². The van der Waals surface area contributed by atoms with E-state index in [4.69, 9.17) is 10.00 Å². The van der Waals surface area contributed by atoms with Crippen molar-refractivity contribution in [1.29, 1.82) is 5.26 Å². The van der Waals surface area contributed by atoms with Crippen molar-refractivity contribution >= 4 is 5.82 Å². The van der Waals surface area contributed by atoms with Gasteiger partial charge in [-0.25, -0.2) is 4.98 Å². The van der Waals surface area contributed by atoms with Crippen LogP contribution in [-0.4, -0.2) is 17.0 Å². The molecule has 0 fully saturated rings. The van der Waals surface area contributed by atoms with E-state index in [1.807, 2.05) is 13.0 Å². The van der Waals surface area contributed by atoms with Crippen LogP contribution in [0.25, 0.3) is 0 Å². The minimum atomic E-state index is 0.458. The lowest BCUT2D eigenvalue weighted by Crippen LogP contribution is -2.03. The Bertz CT molecular complexity index is 646. The van der Waals surface area contributed by atoms with Crippen LogP contribution in [0.5, 0.6) is 11.6 Å². The van der Waals surface area contributed by atoms with Gasteiger partial charge in [-0.05, 0) is 26.0 Å². The number of benzene rings is 1. The highest BCUT2D eigenvalue weighted by Gasteiger charge is 2.12. The lowest BCUT2D eigenvalue weighted by molar-refractivity contribution is 0.454. The minimum Gasteiger partial charge on any atom is -0.437 e. The maximum absolute atomic E-state index is 9.05. The van der Waals surface area contributed by atoms with Gasteiger partial charge in [-0.3, -0.25) is 0 Å². The largest absolute Gasteiger partial charge is 0.437 e. The summed E-state index contributed by atoms with van der Waals surface area (Å²) in [6, 6.07) is 9.16. The van der Waals surface area contributed by atoms with Crippen LogP contribution in [0.15, 0.2) is 24.3 Å². The standard InChI is InChI=1S/C14H14N4O/c1-9-13(16-3)17-10(2)18-14(9)19-12-7-5-4-6-11(12)8-15/h4-7H,1-3H3,(H,16,17,18). The maximum Gasteiger partial charge on any atom is 0.227 e. The Morgan fingerprint density at radius 3 is 2.63 bits per heavy atom. The van der Waals surface area contributed by atoms with Crippen molar-refractivity contribution in [2.75, 3.05) is 12.4 Å². The molecule has 5 heteroatoms. The molecular formula is C14H14N4O. The molecule has 1 aromatic carbocycles. The zero-order valence-corrected chi connectivity index (χ0v) is 11.1. The molecule has 0 amide bonds. The summed E-state index contributed by atoms with van der Waals surface area (Å²) < 4.78 is 5.74. The second-order valence-electron chi connectivity index (χ2n) is 4.01. The Kier molecular flexibility index (Phi) is 3.62. The monoisotopic (exact) mass is 254 g/mol. The van der Waals surface area contributed by atoms with Gasteiger partial charge in [0.05, 0.1) is 11.1 Å². The summed E-state index contributed by atoms with van der Waals surface area (Å²) in [7, 11) is 1.79. The van der Waals surface area contributed by atoms with E-state index in [1.165, 1.54) is 0 Å². The first-order chi connectivity index (χ1) is 9.15. The molecule has 0 radical (unpaired) electrons. The number of hydrogen-bond donors (Lipinski definition) is 1. The molecule has 0 bridgehead atoms. The molecule has 1 heterocycles. The lowest BCUT2D eigenvalue weighted by atomic mass is 10.2. The quantitative estimate of drug-likeness (QED) is 0.911. The van der Waals surface area contributed by atoms with Gasteiger partial charge in [-0.1, -0.05) is 12.1 Å². The van der Waals surface area contributed by atoms with E-state index in [9.17, 15) is 0 Å². The topological polar surface area (TPSA) is 70.8 Å². The molecule has 2 aromatic rings. The molecule has 0 atom stereocenters. The van der Waals surface area contributed by atoms with Crippen LogP contribution < -0.4 is 10.1 Å². The van der Waals surface area contributed by atoms with Gasteiger partial charge in [0.1, 0.15) is 23.5 Å². The normalized spacial score (nSPS) is 9.79. The van der Waals surface area contributed by atoms with Crippen LogP contribution in [0.4, 0.5) is 5.82 Å². The second kappa shape index (κ2) is 5.36. The first kappa shape index (κ1) is 12.8. The molecule has 1 aromatic heterocycles. The molecule has 1 N–H and O–H groups in total. The summed E-state index contributed by atoms with van der Waals surface area (Å²) in [6.45, 7) is 3.67. The number of ether oxygens (including phenoxy) is 1. The highest BCUT2D eigenvalue weighted by atomic mass is 16.5. The zero-order chi connectivity index (χ0) is 13.8. The number of nitrogens with one attached hydrogen (secondary N) is 1. The van der Waals surface area contributed by atoms with Crippen LogP contribution in [0.3, 0.4) is 0 Å².